The Morgan fingerprint density at radius 1 is 1.50 bits per heavy atom. The highest BCUT2D eigenvalue weighted by atomic mass is 32.2. The molecule has 104 valence electrons. The third kappa shape index (κ3) is 4.66. The van der Waals surface area contributed by atoms with Gasteiger partial charge in [-0.25, -0.2) is 13.1 Å². The van der Waals surface area contributed by atoms with Crippen LogP contribution in [0.15, 0.2) is 16.3 Å². The van der Waals surface area contributed by atoms with E-state index in [1.807, 2.05) is 13.0 Å². The van der Waals surface area contributed by atoms with Crippen molar-refractivity contribution in [3.8, 4) is 0 Å². The van der Waals surface area contributed by atoms with Crippen molar-refractivity contribution in [3.63, 3.8) is 0 Å². The molecule has 18 heavy (non-hydrogen) atoms. The topological polar surface area (TPSA) is 81.4 Å². The highest BCUT2D eigenvalue weighted by Crippen LogP contribution is 2.22. The Morgan fingerprint density at radius 2 is 2.22 bits per heavy atom. The first-order chi connectivity index (χ1) is 8.49. The summed E-state index contributed by atoms with van der Waals surface area (Å²) in [6, 6.07) is 3.29. The van der Waals surface area contributed by atoms with Crippen LogP contribution in [0, 0.1) is 0 Å². The molecule has 1 heterocycles. The fourth-order valence-electron chi connectivity index (χ4n) is 1.46. The SMILES string of the molecule is COCCC(C)NS(=O)(=O)c1ccc(CCN)s1. The first kappa shape index (κ1) is 15.6. The van der Waals surface area contributed by atoms with Gasteiger partial charge in [0.25, 0.3) is 0 Å². The molecule has 0 saturated heterocycles. The van der Waals surface area contributed by atoms with Gasteiger partial charge in [0, 0.05) is 24.6 Å². The van der Waals surface area contributed by atoms with Gasteiger partial charge in [0.15, 0.2) is 0 Å². The number of hydrogen-bond acceptors (Lipinski definition) is 5. The second kappa shape index (κ2) is 7.20. The van der Waals surface area contributed by atoms with Gasteiger partial charge in [-0.1, -0.05) is 0 Å². The third-order valence-corrected chi connectivity index (χ3v) is 5.63. The van der Waals surface area contributed by atoms with Crippen LogP contribution in [0.4, 0.5) is 0 Å². The number of nitrogens with two attached hydrogens (primary N) is 1. The Labute approximate surface area is 112 Å². The molecule has 0 aromatic carbocycles. The molecule has 0 aliphatic heterocycles. The first-order valence-electron chi connectivity index (χ1n) is 5.79. The molecule has 1 aromatic rings. The van der Waals surface area contributed by atoms with Crippen LogP contribution in [0.5, 0.6) is 0 Å². The molecule has 0 aliphatic carbocycles. The normalized spacial score (nSPS) is 13.7. The van der Waals surface area contributed by atoms with Crippen LogP contribution >= 0.6 is 11.3 Å². The Morgan fingerprint density at radius 3 is 2.83 bits per heavy atom. The Kier molecular flexibility index (Phi) is 6.24. The van der Waals surface area contributed by atoms with Crippen molar-refractivity contribution in [1.82, 2.24) is 4.72 Å². The van der Waals surface area contributed by atoms with Crippen LogP contribution in [-0.2, 0) is 21.2 Å². The second-order valence-corrected chi connectivity index (χ2v) is 7.17. The van der Waals surface area contributed by atoms with Crippen LogP contribution < -0.4 is 10.5 Å². The van der Waals surface area contributed by atoms with Gasteiger partial charge in [-0.05, 0) is 38.4 Å². The van der Waals surface area contributed by atoms with Crippen molar-refractivity contribution in [1.29, 1.82) is 0 Å². The number of methoxy groups -OCH3 is 1. The van der Waals surface area contributed by atoms with Gasteiger partial charge >= 0.3 is 0 Å². The molecule has 0 fully saturated rings. The van der Waals surface area contributed by atoms with E-state index in [1.54, 1.807) is 13.2 Å². The fourth-order valence-corrected chi connectivity index (χ4v) is 4.12. The summed E-state index contributed by atoms with van der Waals surface area (Å²) in [6.45, 7) is 2.88. The van der Waals surface area contributed by atoms with Gasteiger partial charge in [-0.15, -0.1) is 11.3 Å². The third-order valence-electron chi connectivity index (χ3n) is 2.40. The summed E-state index contributed by atoms with van der Waals surface area (Å²) in [4.78, 5) is 0.988. The minimum atomic E-state index is -3.42. The van der Waals surface area contributed by atoms with Crippen LogP contribution in [-0.4, -0.2) is 34.7 Å². The van der Waals surface area contributed by atoms with Crippen molar-refractivity contribution >= 4 is 21.4 Å². The highest BCUT2D eigenvalue weighted by Gasteiger charge is 2.19. The van der Waals surface area contributed by atoms with E-state index in [0.717, 1.165) is 4.88 Å². The Hall–Kier alpha value is -0.470. The van der Waals surface area contributed by atoms with E-state index < -0.39 is 10.0 Å². The molecule has 1 rings (SSSR count). The van der Waals surface area contributed by atoms with Gasteiger partial charge in [-0.3, -0.25) is 0 Å². The lowest BCUT2D eigenvalue weighted by Crippen LogP contribution is -2.32. The average Bonchev–Trinajstić information content (AvgIpc) is 2.75. The standard InChI is InChI=1S/C11H20N2O3S2/c1-9(6-8-16-2)13-18(14,15)11-4-3-10(17-11)5-7-12/h3-4,9,13H,5-8,12H2,1-2H3. The summed E-state index contributed by atoms with van der Waals surface area (Å²) in [5.41, 5.74) is 5.44. The first-order valence-corrected chi connectivity index (χ1v) is 8.09. The molecule has 0 saturated carbocycles. The van der Waals surface area contributed by atoms with E-state index in [0.29, 0.717) is 30.2 Å². The molecular formula is C11H20N2O3S2. The molecule has 7 heteroatoms. The minimum Gasteiger partial charge on any atom is -0.385 e. The van der Waals surface area contributed by atoms with Gasteiger partial charge in [0.2, 0.25) is 10.0 Å². The molecule has 5 nitrogen and oxygen atoms in total. The van der Waals surface area contributed by atoms with Crippen molar-refractivity contribution < 1.29 is 13.2 Å². The van der Waals surface area contributed by atoms with Crippen molar-refractivity contribution in [2.24, 2.45) is 5.73 Å². The van der Waals surface area contributed by atoms with Gasteiger partial charge < -0.3 is 10.5 Å². The summed E-state index contributed by atoms with van der Waals surface area (Å²) in [5.74, 6) is 0. The van der Waals surface area contributed by atoms with E-state index in [9.17, 15) is 8.42 Å². The maximum absolute atomic E-state index is 12.1. The Bertz CT molecular complexity index is 457. The van der Waals surface area contributed by atoms with Crippen LogP contribution in [0.25, 0.3) is 0 Å². The molecule has 0 spiro atoms. The summed E-state index contributed by atoms with van der Waals surface area (Å²) in [7, 11) is -1.82. The maximum atomic E-state index is 12.1. The molecule has 0 amide bonds. The number of rotatable bonds is 8. The zero-order valence-electron chi connectivity index (χ0n) is 10.7. The van der Waals surface area contributed by atoms with E-state index in [1.165, 1.54) is 11.3 Å². The van der Waals surface area contributed by atoms with Gasteiger partial charge in [0.1, 0.15) is 4.21 Å². The number of sulfonamides is 1. The molecule has 0 bridgehead atoms. The van der Waals surface area contributed by atoms with E-state index in [-0.39, 0.29) is 6.04 Å². The largest absolute Gasteiger partial charge is 0.385 e. The molecule has 1 unspecified atom stereocenters. The van der Waals surface area contributed by atoms with E-state index in [4.69, 9.17) is 10.5 Å². The number of ether oxygens (including phenoxy) is 1. The highest BCUT2D eigenvalue weighted by molar-refractivity contribution is 7.91. The zero-order chi connectivity index (χ0) is 13.6. The van der Waals surface area contributed by atoms with Crippen LogP contribution in [0.1, 0.15) is 18.2 Å². The number of hydrogen-bond donors (Lipinski definition) is 2. The molecule has 0 aliphatic rings. The zero-order valence-corrected chi connectivity index (χ0v) is 12.3. The van der Waals surface area contributed by atoms with Crippen LogP contribution in [0.3, 0.4) is 0 Å². The number of nitrogens with one attached hydrogen (secondary N) is 1. The number of thiophene rings is 1. The quantitative estimate of drug-likeness (QED) is 0.747. The summed E-state index contributed by atoms with van der Waals surface area (Å²) >= 11 is 1.27. The average molecular weight is 292 g/mol. The lowest BCUT2D eigenvalue weighted by molar-refractivity contribution is 0.188. The summed E-state index contributed by atoms with van der Waals surface area (Å²) < 4.78 is 32.0. The monoisotopic (exact) mass is 292 g/mol. The molecule has 1 atom stereocenters. The van der Waals surface area contributed by atoms with Crippen LogP contribution in [0.2, 0.25) is 0 Å². The maximum Gasteiger partial charge on any atom is 0.250 e. The van der Waals surface area contributed by atoms with Gasteiger partial charge in [-0.2, -0.15) is 0 Å². The molecule has 1 aromatic heterocycles. The lowest BCUT2D eigenvalue weighted by atomic mass is 10.3. The molecule has 3 N–H and O–H groups in total. The van der Waals surface area contributed by atoms with Crippen molar-refractivity contribution in [2.45, 2.75) is 30.0 Å². The summed E-state index contributed by atoms with van der Waals surface area (Å²) in [6.07, 6.45) is 1.36. The van der Waals surface area contributed by atoms with Crippen molar-refractivity contribution in [3.05, 3.63) is 17.0 Å². The van der Waals surface area contributed by atoms with Gasteiger partial charge in [0.05, 0.1) is 0 Å². The summed E-state index contributed by atoms with van der Waals surface area (Å²) in [5, 5.41) is 0. The van der Waals surface area contributed by atoms with E-state index in [2.05, 4.69) is 4.72 Å². The predicted molar refractivity (Wildman–Crippen MR) is 73.4 cm³/mol. The molecule has 0 radical (unpaired) electrons. The Balaban J connectivity index is 2.67. The lowest BCUT2D eigenvalue weighted by Gasteiger charge is -2.12. The van der Waals surface area contributed by atoms with E-state index >= 15 is 0 Å². The smallest absolute Gasteiger partial charge is 0.250 e. The van der Waals surface area contributed by atoms with Crippen molar-refractivity contribution in [2.75, 3.05) is 20.3 Å². The minimum absolute atomic E-state index is 0.144. The molecular weight excluding hydrogens is 272 g/mol. The predicted octanol–water partition coefficient (Wildman–Crippen LogP) is 0.953. The second-order valence-electron chi connectivity index (χ2n) is 4.06. The fraction of sp³-hybridized carbons (Fsp3) is 0.636.